The van der Waals surface area contributed by atoms with Crippen LogP contribution in [0.3, 0.4) is 0 Å². The first-order chi connectivity index (χ1) is 31.2. The number of benzene rings is 8. The lowest BCUT2D eigenvalue weighted by molar-refractivity contribution is -0.0397. The molecule has 0 radical (unpaired) electrons. The number of rotatable bonds is 5. The maximum absolute atomic E-state index is 6.45. The Hall–Kier alpha value is -7.10. The molecule has 1 spiro atoms. The highest BCUT2D eigenvalue weighted by Gasteiger charge is 2.62. The first-order valence-corrected chi connectivity index (χ1v) is 22.9. The van der Waals surface area contributed by atoms with Crippen LogP contribution >= 0.6 is 0 Å². The van der Waals surface area contributed by atoms with Crippen LogP contribution in [-0.2, 0) is 5.41 Å². The second-order valence-corrected chi connectivity index (χ2v) is 18.9. The summed E-state index contributed by atoms with van der Waals surface area (Å²) in [5, 5.41) is 3.39. The summed E-state index contributed by atoms with van der Waals surface area (Å²) in [7, 11) is 0. The third-order valence-electron chi connectivity index (χ3n) is 15.7. The molecule has 2 heterocycles. The van der Waals surface area contributed by atoms with E-state index >= 15 is 0 Å². The third-order valence-corrected chi connectivity index (χ3v) is 15.7. The lowest BCUT2D eigenvalue weighted by Crippen LogP contribution is -2.55. The molecular formula is C60H44N2O. The molecule has 8 aromatic carbocycles. The molecule has 3 nitrogen and oxygen atoms in total. The second-order valence-electron chi connectivity index (χ2n) is 18.9. The number of aromatic nitrogens is 2. The van der Waals surface area contributed by atoms with E-state index in [0.717, 1.165) is 56.6 Å². The molecule has 15 rings (SSSR count). The highest BCUT2D eigenvalue weighted by molar-refractivity contribution is 6.06. The van der Waals surface area contributed by atoms with Gasteiger partial charge in [-0.2, -0.15) is 0 Å². The predicted octanol–water partition coefficient (Wildman–Crippen LogP) is 15.6. The largest absolute Gasteiger partial charge is 0.456 e. The molecule has 0 atom stereocenters. The Morgan fingerprint density at radius 2 is 1.00 bits per heavy atom. The number of furan rings is 1. The Bertz CT molecular complexity index is 3420. The highest BCUT2D eigenvalue weighted by atomic mass is 16.3. The van der Waals surface area contributed by atoms with Crippen molar-refractivity contribution in [2.45, 2.75) is 37.5 Å². The molecule has 63 heavy (non-hydrogen) atoms. The first kappa shape index (κ1) is 35.5. The zero-order chi connectivity index (χ0) is 41.2. The summed E-state index contributed by atoms with van der Waals surface area (Å²) in [5.41, 5.74) is 19.5. The van der Waals surface area contributed by atoms with Crippen LogP contribution in [-0.4, -0.2) is 9.97 Å². The van der Waals surface area contributed by atoms with Crippen molar-refractivity contribution >= 4 is 32.8 Å². The number of hydrogen-bond acceptors (Lipinski definition) is 3. The van der Waals surface area contributed by atoms with Crippen LogP contribution in [0.5, 0.6) is 0 Å². The molecule has 0 amide bonds. The van der Waals surface area contributed by atoms with E-state index in [4.69, 9.17) is 14.4 Å². The SMILES string of the molecule is c1ccc(-c2nc(-c3ccc(-c4ccc(-c5cc(-c6ccc7c(c6)oc6ccccc67)cc6c5C5(c7ccccc7-6)C6CC7CC(C6)CC5C7)cc4)cc3)nc3ccccc23)cc1. The van der Waals surface area contributed by atoms with Crippen molar-refractivity contribution < 1.29 is 4.42 Å². The molecule has 4 fully saturated rings. The standard InChI is InChI=1S/C60H44N2O/c1-2-10-41(11-3-1)58-50-14-5-8-16-54(50)61-59(62-58)42-24-20-39(21-25-42)38-18-22-40(23-19-38)51-33-44(43-26-27-49-48-13-6-9-17-55(48)63-56(49)35-43)34-52-47-12-4-7-15-53(47)60(57(51)52)45-29-36-28-37(31-45)32-46(60)30-36/h1-27,33-37,45-46H,28-32H2. The minimum Gasteiger partial charge on any atom is -0.456 e. The van der Waals surface area contributed by atoms with E-state index in [1.807, 2.05) is 12.1 Å². The van der Waals surface area contributed by atoms with E-state index in [1.54, 1.807) is 11.1 Å². The minimum absolute atomic E-state index is 0.0512. The summed E-state index contributed by atoms with van der Waals surface area (Å²) in [5.74, 6) is 3.87. The van der Waals surface area contributed by atoms with Crippen LogP contribution < -0.4 is 0 Å². The van der Waals surface area contributed by atoms with E-state index in [9.17, 15) is 0 Å². The smallest absolute Gasteiger partial charge is 0.160 e. The van der Waals surface area contributed by atoms with Gasteiger partial charge < -0.3 is 4.42 Å². The molecule has 0 aliphatic heterocycles. The van der Waals surface area contributed by atoms with E-state index in [1.165, 1.54) is 87.4 Å². The second kappa shape index (κ2) is 13.4. The van der Waals surface area contributed by atoms with Gasteiger partial charge >= 0.3 is 0 Å². The van der Waals surface area contributed by atoms with Gasteiger partial charge in [0.2, 0.25) is 0 Å². The van der Waals surface area contributed by atoms with E-state index in [-0.39, 0.29) is 5.41 Å². The van der Waals surface area contributed by atoms with Crippen LogP contribution in [0.4, 0.5) is 0 Å². The topological polar surface area (TPSA) is 38.9 Å². The number of hydrogen-bond donors (Lipinski definition) is 0. The van der Waals surface area contributed by atoms with Gasteiger partial charge in [0.25, 0.3) is 0 Å². The van der Waals surface area contributed by atoms with Crippen LogP contribution in [0, 0.1) is 23.7 Å². The molecule has 5 aliphatic rings. The van der Waals surface area contributed by atoms with Gasteiger partial charge in [0.15, 0.2) is 5.82 Å². The molecule has 0 unspecified atom stereocenters. The van der Waals surface area contributed by atoms with Gasteiger partial charge in [-0.1, -0.05) is 146 Å². The fourth-order valence-electron chi connectivity index (χ4n) is 13.3. The number of para-hydroxylation sites is 2. The zero-order valence-electron chi connectivity index (χ0n) is 35.0. The van der Waals surface area contributed by atoms with Crippen LogP contribution in [0.15, 0.2) is 186 Å². The summed E-state index contributed by atoms with van der Waals surface area (Å²) in [4.78, 5) is 10.2. The normalized spacial score (nSPS) is 21.7. The number of nitrogens with zero attached hydrogens (tertiary/aromatic N) is 2. The van der Waals surface area contributed by atoms with Gasteiger partial charge in [-0.15, -0.1) is 0 Å². The third kappa shape index (κ3) is 5.26. The van der Waals surface area contributed by atoms with Gasteiger partial charge in [0.1, 0.15) is 11.2 Å². The van der Waals surface area contributed by atoms with Crippen molar-refractivity contribution in [3.05, 3.63) is 193 Å². The van der Waals surface area contributed by atoms with Gasteiger partial charge in [-0.3, -0.25) is 0 Å². The van der Waals surface area contributed by atoms with Crippen molar-refractivity contribution in [3.63, 3.8) is 0 Å². The molecule has 0 saturated heterocycles. The molecule has 5 aliphatic carbocycles. The van der Waals surface area contributed by atoms with Crippen LogP contribution in [0.1, 0.15) is 43.2 Å². The summed E-state index contributed by atoms with van der Waals surface area (Å²) in [6, 6.07) is 66.7. The Morgan fingerprint density at radius 3 is 1.78 bits per heavy atom. The van der Waals surface area contributed by atoms with E-state index in [2.05, 4.69) is 170 Å². The molecule has 4 saturated carbocycles. The van der Waals surface area contributed by atoms with Gasteiger partial charge in [-0.25, -0.2) is 9.97 Å². The average Bonchev–Trinajstić information content (AvgIpc) is 3.86. The fourth-order valence-corrected chi connectivity index (χ4v) is 13.3. The van der Waals surface area contributed by atoms with Gasteiger partial charge in [0.05, 0.1) is 11.2 Å². The van der Waals surface area contributed by atoms with Gasteiger partial charge in [0, 0.05) is 32.7 Å². The van der Waals surface area contributed by atoms with Crippen molar-refractivity contribution in [3.8, 4) is 67.2 Å². The van der Waals surface area contributed by atoms with Crippen molar-refractivity contribution in [1.82, 2.24) is 9.97 Å². The quantitative estimate of drug-likeness (QED) is 0.174. The molecule has 300 valence electrons. The van der Waals surface area contributed by atoms with Crippen molar-refractivity contribution in [2.24, 2.45) is 23.7 Å². The van der Waals surface area contributed by atoms with Gasteiger partial charge in [-0.05, 0) is 148 Å². The lowest BCUT2D eigenvalue weighted by atomic mass is 9.42. The maximum Gasteiger partial charge on any atom is 0.160 e. The summed E-state index contributed by atoms with van der Waals surface area (Å²) >= 11 is 0. The van der Waals surface area contributed by atoms with E-state index < -0.39 is 0 Å². The Morgan fingerprint density at radius 1 is 0.397 bits per heavy atom. The molecule has 0 N–H and O–H groups in total. The highest BCUT2D eigenvalue weighted by Crippen LogP contribution is 2.70. The number of fused-ring (bicyclic) bond motifs is 7. The molecule has 3 heteroatoms. The Labute approximate surface area is 367 Å². The van der Waals surface area contributed by atoms with Crippen LogP contribution in [0.2, 0.25) is 0 Å². The Balaban J connectivity index is 0.891. The molecular weight excluding hydrogens is 765 g/mol. The Kier molecular flexibility index (Phi) is 7.58. The summed E-state index contributed by atoms with van der Waals surface area (Å²) in [6.07, 6.45) is 6.88. The molecule has 4 bridgehead atoms. The lowest BCUT2D eigenvalue weighted by Gasteiger charge is -2.61. The first-order valence-electron chi connectivity index (χ1n) is 22.9. The molecule has 2 aromatic heterocycles. The summed E-state index contributed by atoms with van der Waals surface area (Å²) in [6.45, 7) is 0. The fraction of sp³-hybridized carbons (Fsp3) is 0.167. The van der Waals surface area contributed by atoms with E-state index in [0.29, 0.717) is 11.8 Å². The van der Waals surface area contributed by atoms with Crippen molar-refractivity contribution in [2.75, 3.05) is 0 Å². The summed E-state index contributed by atoms with van der Waals surface area (Å²) < 4.78 is 6.45. The van der Waals surface area contributed by atoms with Crippen LogP contribution in [0.25, 0.3) is 100.0 Å². The predicted molar refractivity (Wildman–Crippen MR) is 257 cm³/mol. The minimum atomic E-state index is 0.0512. The molecule has 10 aromatic rings. The zero-order valence-corrected chi connectivity index (χ0v) is 35.0. The van der Waals surface area contributed by atoms with Crippen molar-refractivity contribution in [1.29, 1.82) is 0 Å². The monoisotopic (exact) mass is 808 g/mol. The average molecular weight is 809 g/mol. The maximum atomic E-state index is 6.45.